The van der Waals surface area contributed by atoms with Crippen molar-refractivity contribution in [3.63, 3.8) is 0 Å². The van der Waals surface area contributed by atoms with E-state index < -0.39 is 0 Å². The number of carbonyl (C=O) groups excluding carboxylic acids is 1. The maximum Gasteiger partial charge on any atom is 0.244 e. The normalized spacial score (nSPS) is 14.5. The van der Waals surface area contributed by atoms with Crippen LogP contribution in [0.1, 0.15) is 39.3 Å². The van der Waals surface area contributed by atoms with Gasteiger partial charge in [0.25, 0.3) is 0 Å². The van der Waals surface area contributed by atoms with Crippen molar-refractivity contribution in [3.05, 3.63) is 24.0 Å². The van der Waals surface area contributed by atoms with Crippen molar-refractivity contribution >= 4 is 12.0 Å². The third-order valence-corrected chi connectivity index (χ3v) is 3.32. The van der Waals surface area contributed by atoms with Crippen LogP contribution in [0, 0.1) is 0 Å². The quantitative estimate of drug-likeness (QED) is 0.736. The van der Waals surface area contributed by atoms with Gasteiger partial charge in [-0.2, -0.15) is 5.10 Å². The standard InChI is InChI=1S/C14H23N3O2/c1-4-14(3,9-11-18)16-13(19)7-6-12-8-10-15-17(12)5-2/h6-8,10,18H,4-5,9,11H2,1-3H3,(H,16,19)/b7-6+. The lowest BCUT2D eigenvalue weighted by Crippen LogP contribution is -2.45. The average molecular weight is 265 g/mol. The van der Waals surface area contributed by atoms with Gasteiger partial charge in [-0.15, -0.1) is 0 Å². The summed E-state index contributed by atoms with van der Waals surface area (Å²) in [6, 6.07) is 1.86. The molecular weight excluding hydrogens is 242 g/mol. The minimum Gasteiger partial charge on any atom is -0.396 e. The molecule has 0 saturated heterocycles. The molecule has 1 aromatic rings. The number of aromatic nitrogens is 2. The summed E-state index contributed by atoms with van der Waals surface area (Å²) >= 11 is 0. The number of aliphatic hydroxyl groups is 1. The lowest BCUT2D eigenvalue weighted by Gasteiger charge is -2.28. The van der Waals surface area contributed by atoms with Gasteiger partial charge in [-0.25, -0.2) is 0 Å². The van der Waals surface area contributed by atoms with Crippen LogP contribution in [0.2, 0.25) is 0 Å². The highest BCUT2D eigenvalue weighted by molar-refractivity contribution is 5.91. The molecule has 5 heteroatoms. The molecule has 0 aliphatic heterocycles. The third kappa shape index (κ3) is 4.52. The summed E-state index contributed by atoms with van der Waals surface area (Å²) in [5.74, 6) is -0.151. The molecule has 1 rings (SSSR count). The van der Waals surface area contributed by atoms with E-state index in [-0.39, 0.29) is 18.1 Å². The zero-order valence-electron chi connectivity index (χ0n) is 11.9. The van der Waals surface area contributed by atoms with Gasteiger partial charge >= 0.3 is 0 Å². The van der Waals surface area contributed by atoms with E-state index in [1.54, 1.807) is 12.3 Å². The van der Waals surface area contributed by atoms with E-state index in [4.69, 9.17) is 5.11 Å². The number of amides is 1. The van der Waals surface area contributed by atoms with Gasteiger partial charge < -0.3 is 10.4 Å². The Morgan fingerprint density at radius 1 is 1.58 bits per heavy atom. The molecule has 19 heavy (non-hydrogen) atoms. The molecule has 1 heterocycles. The Balaban J connectivity index is 2.64. The summed E-state index contributed by atoms with van der Waals surface area (Å²) in [7, 11) is 0. The van der Waals surface area contributed by atoms with Crippen molar-refractivity contribution < 1.29 is 9.90 Å². The lowest BCUT2D eigenvalue weighted by molar-refractivity contribution is -0.118. The zero-order valence-corrected chi connectivity index (χ0v) is 11.9. The Bertz CT molecular complexity index is 440. The topological polar surface area (TPSA) is 67.2 Å². The molecule has 0 saturated carbocycles. The molecule has 0 spiro atoms. The van der Waals surface area contributed by atoms with E-state index in [0.29, 0.717) is 6.42 Å². The summed E-state index contributed by atoms with van der Waals surface area (Å²) < 4.78 is 1.82. The van der Waals surface area contributed by atoms with Crippen LogP contribution in [0.25, 0.3) is 6.08 Å². The number of rotatable bonds is 7. The summed E-state index contributed by atoms with van der Waals surface area (Å²) in [4.78, 5) is 11.9. The van der Waals surface area contributed by atoms with Crippen molar-refractivity contribution in [1.29, 1.82) is 0 Å². The molecule has 5 nitrogen and oxygen atoms in total. The maximum atomic E-state index is 11.9. The number of nitrogens with zero attached hydrogens (tertiary/aromatic N) is 2. The maximum absolute atomic E-state index is 11.9. The predicted molar refractivity (Wildman–Crippen MR) is 75.5 cm³/mol. The van der Waals surface area contributed by atoms with E-state index in [1.165, 1.54) is 6.08 Å². The van der Waals surface area contributed by atoms with Gasteiger partial charge in [0, 0.05) is 31.0 Å². The van der Waals surface area contributed by atoms with Gasteiger partial charge in [0.2, 0.25) is 5.91 Å². The first-order valence-electron chi connectivity index (χ1n) is 6.67. The Morgan fingerprint density at radius 2 is 2.32 bits per heavy atom. The summed E-state index contributed by atoms with van der Waals surface area (Å²) in [5, 5.41) is 16.1. The smallest absolute Gasteiger partial charge is 0.244 e. The third-order valence-electron chi connectivity index (χ3n) is 3.32. The highest BCUT2D eigenvalue weighted by atomic mass is 16.3. The fourth-order valence-corrected chi connectivity index (χ4v) is 1.82. The Hall–Kier alpha value is -1.62. The van der Waals surface area contributed by atoms with Crippen LogP contribution in [-0.2, 0) is 11.3 Å². The van der Waals surface area contributed by atoms with Gasteiger partial charge in [0.05, 0.1) is 5.69 Å². The second kappa shape index (κ2) is 7.09. The SMILES string of the molecule is CCn1nccc1/C=C/C(=O)NC(C)(CC)CCO. The highest BCUT2D eigenvalue weighted by Crippen LogP contribution is 2.13. The van der Waals surface area contributed by atoms with E-state index in [0.717, 1.165) is 18.7 Å². The summed E-state index contributed by atoms with van der Waals surface area (Å²) in [6.07, 6.45) is 6.30. The van der Waals surface area contributed by atoms with E-state index in [1.807, 2.05) is 31.5 Å². The van der Waals surface area contributed by atoms with E-state index in [2.05, 4.69) is 10.4 Å². The molecule has 0 aliphatic carbocycles. The second-order valence-electron chi connectivity index (χ2n) is 4.78. The molecule has 2 N–H and O–H groups in total. The summed E-state index contributed by atoms with van der Waals surface area (Å²) in [6.45, 7) is 6.76. The number of hydrogen-bond acceptors (Lipinski definition) is 3. The minimum atomic E-state index is -0.360. The molecule has 0 fully saturated rings. The molecule has 0 bridgehead atoms. The van der Waals surface area contributed by atoms with Crippen LogP contribution >= 0.6 is 0 Å². The van der Waals surface area contributed by atoms with Gasteiger partial charge in [-0.05, 0) is 38.8 Å². The van der Waals surface area contributed by atoms with Gasteiger partial charge in [-0.3, -0.25) is 9.48 Å². The van der Waals surface area contributed by atoms with Crippen molar-refractivity contribution in [3.8, 4) is 0 Å². The first-order chi connectivity index (χ1) is 9.04. The summed E-state index contributed by atoms with van der Waals surface area (Å²) in [5.41, 5.74) is 0.541. The number of carbonyl (C=O) groups is 1. The Labute approximate surface area is 114 Å². The number of nitrogens with one attached hydrogen (secondary N) is 1. The molecule has 0 aliphatic rings. The van der Waals surface area contributed by atoms with Crippen LogP contribution < -0.4 is 5.32 Å². The minimum absolute atomic E-state index is 0.0664. The van der Waals surface area contributed by atoms with Crippen LogP contribution in [-0.4, -0.2) is 32.9 Å². The largest absolute Gasteiger partial charge is 0.396 e. The van der Waals surface area contributed by atoms with Gasteiger partial charge in [0.15, 0.2) is 0 Å². The monoisotopic (exact) mass is 265 g/mol. The zero-order chi connectivity index (χ0) is 14.3. The highest BCUT2D eigenvalue weighted by Gasteiger charge is 2.22. The predicted octanol–water partition coefficient (Wildman–Crippen LogP) is 1.58. The van der Waals surface area contributed by atoms with E-state index in [9.17, 15) is 4.79 Å². The van der Waals surface area contributed by atoms with Crippen molar-refractivity contribution in [2.45, 2.75) is 45.7 Å². The van der Waals surface area contributed by atoms with E-state index >= 15 is 0 Å². The second-order valence-corrected chi connectivity index (χ2v) is 4.78. The van der Waals surface area contributed by atoms with Crippen LogP contribution in [0.5, 0.6) is 0 Å². The van der Waals surface area contributed by atoms with Crippen molar-refractivity contribution in [2.75, 3.05) is 6.61 Å². The van der Waals surface area contributed by atoms with Crippen molar-refractivity contribution in [2.24, 2.45) is 0 Å². The molecule has 1 aromatic heterocycles. The fraction of sp³-hybridized carbons (Fsp3) is 0.571. The molecule has 1 unspecified atom stereocenters. The first-order valence-corrected chi connectivity index (χ1v) is 6.67. The van der Waals surface area contributed by atoms with Crippen LogP contribution in [0.4, 0.5) is 0 Å². The van der Waals surface area contributed by atoms with Crippen LogP contribution in [0.15, 0.2) is 18.3 Å². The Morgan fingerprint density at radius 3 is 2.89 bits per heavy atom. The molecule has 1 atom stereocenters. The molecule has 0 radical (unpaired) electrons. The lowest BCUT2D eigenvalue weighted by atomic mass is 9.95. The van der Waals surface area contributed by atoms with Gasteiger partial charge in [0.1, 0.15) is 0 Å². The number of aryl methyl sites for hydroxylation is 1. The Kier molecular flexibility index (Phi) is 5.76. The number of hydrogen-bond donors (Lipinski definition) is 2. The van der Waals surface area contributed by atoms with Crippen LogP contribution in [0.3, 0.4) is 0 Å². The molecule has 0 aromatic carbocycles. The molecular formula is C14H23N3O2. The first kappa shape index (κ1) is 15.4. The number of aliphatic hydroxyl groups excluding tert-OH is 1. The van der Waals surface area contributed by atoms with Gasteiger partial charge in [-0.1, -0.05) is 6.92 Å². The van der Waals surface area contributed by atoms with Crippen molar-refractivity contribution in [1.82, 2.24) is 15.1 Å². The average Bonchev–Trinajstić information content (AvgIpc) is 2.84. The fourth-order valence-electron chi connectivity index (χ4n) is 1.82. The molecule has 106 valence electrons. The molecule has 1 amide bonds.